The summed E-state index contributed by atoms with van der Waals surface area (Å²) in [4.78, 5) is 14.9. The van der Waals surface area contributed by atoms with Crippen molar-refractivity contribution in [3.8, 4) is 0 Å². The number of aromatic amines is 1. The summed E-state index contributed by atoms with van der Waals surface area (Å²) in [6, 6.07) is 14.2. The topological polar surface area (TPSA) is 57.2 Å². The molecule has 0 radical (unpaired) electrons. The van der Waals surface area contributed by atoms with Crippen LogP contribution in [0.25, 0.3) is 6.08 Å². The first-order chi connectivity index (χ1) is 10.3. The van der Waals surface area contributed by atoms with E-state index in [2.05, 4.69) is 27.6 Å². The molecule has 106 valence electrons. The van der Waals surface area contributed by atoms with Gasteiger partial charge in [0.1, 0.15) is 0 Å². The summed E-state index contributed by atoms with van der Waals surface area (Å²) >= 11 is 0. The van der Waals surface area contributed by atoms with E-state index in [-0.39, 0.29) is 5.91 Å². The fraction of sp³-hybridized carbons (Fsp3) is 0.176. The number of aromatic nitrogens is 1. The summed E-state index contributed by atoms with van der Waals surface area (Å²) in [6.07, 6.45) is 6.44. The van der Waals surface area contributed by atoms with Crippen molar-refractivity contribution in [3.05, 3.63) is 65.5 Å². The summed E-state index contributed by atoms with van der Waals surface area (Å²) in [7, 11) is 0. The second-order valence-electron chi connectivity index (χ2n) is 5.02. The standard InChI is InChI=1S/C17H17N3O/c21-17-15(12-14-9-5-11-18-14)16(19-20-17)10-4-8-13-6-2-1-3-7-13/h1-3,5-7,9,11-12,18H,4,8,10H2,(H,20,21)/b15-12+. The predicted molar refractivity (Wildman–Crippen MR) is 83.7 cm³/mol. The quantitative estimate of drug-likeness (QED) is 0.812. The Morgan fingerprint density at radius 3 is 2.67 bits per heavy atom. The van der Waals surface area contributed by atoms with Crippen molar-refractivity contribution in [1.29, 1.82) is 0 Å². The fourth-order valence-electron chi connectivity index (χ4n) is 2.40. The van der Waals surface area contributed by atoms with E-state index in [0.29, 0.717) is 5.57 Å². The predicted octanol–water partition coefficient (Wildman–Crippen LogP) is 2.91. The average Bonchev–Trinajstić information content (AvgIpc) is 3.13. The molecular formula is C17H17N3O. The van der Waals surface area contributed by atoms with Crippen LogP contribution in [0.2, 0.25) is 0 Å². The SMILES string of the molecule is O=C1NN=C(CCCc2ccccc2)/C1=C\c1ccc[nH]1. The number of hydrogen-bond donors (Lipinski definition) is 2. The van der Waals surface area contributed by atoms with Gasteiger partial charge in [0.2, 0.25) is 0 Å². The molecule has 21 heavy (non-hydrogen) atoms. The van der Waals surface area contributed by atoms with E-state index >= 15 is 0 Å². The highest BCUT2D eigenvalue weighted by Gasteiger charge is 2.21. The molecule has 4 heteroatoms. The smallest absolute Gasteiger partial charge is 0.273 e. The molecule has 0 unspecified atom stereocenters. The second-order valence-corrected chi connectivity index (χ2v) is 5.02. The van der Waals surface area contributed by atoms with Gasteiger partial charge in [-0.15, -0.1) is 0 Å². The van der Waals surface area contributed by atoms with Crippen LogP contribution >= 0.6 is 0 Å². The molecule has 0 spiro atoms. The number of carbonyl (C=O) groups is 1. The lowest BCUT2D eigenvalue weighted by atomic mass is 10.0. The van der Waals surface area contributed by atoms with Gasteiger partial charge in [0.15, 0.2) is 0 Å². The summed E-state index contributed by atoms with van der Waals surface area (Å²) in [5.41, 5.74) is 6.27. The Bertz CT molecular complexity index is 669. The molecule has 2 N–H and O–H groups in total. The number of carbonyl (C=O) groups excluding carboxylic acids is 1. The van der Waals surface area contributed by atoms with E-state index in [1.807, 2.05) is 42.6 Å². The van der Waals surface area contributed by atoms with Gasteiger partial charge >= 0.3 is 0 Å². The minimum absolute atomic E-state index is 0.126. The third-order valence-electron chi connectivity index (χ3n) is 3.49. The number of benzene rings is 1. The number of hydrogen-bond acceptors (Lipinski definition) is 2. The number of nitrogens with one attached hydrogen (secondary N) is 2. The molecule has 0 fully saturated rings. The van der Waals surface area contributed by atoms with Crippen LogP contribution in [0.15, 0.2) is 59.3 Å². The van der Waals surface area contributed by atoms with Gasteiger partial charge in [-0.05, 0) is 43.0 Å². The normalized spacial score (nSPS) is 16.1. The molecular weight excluding hydrogens is 262 g/mol. The van der Waals surface area contributed by atoms with Gasteiger partial charge < -0.3 is 4.98 Å². The number of hydrazone groups is 1. The van der Waals surface area contributed by atoms with E-state index in [1.165, 1.54) is 5.56 Å². The molecule has 4 nitrogen and oxygen atoms in total. The van der Waals surface area contributed by atoms with E-state index in [0.717, 1.165) is 30.7 Å². The van der Waals surface area contributed by atoms with Gasteiger partial charge in [-0.2, -0.15) is 5.10 Å². The summed E-state index contributed by atoms with van der Waals surface area (Å²) in [5, 5.41) is 4.14. The van der Waals surface area contributed by atoms with Gasteiger partial charge in [0.25, 0.3) is 5.91 Å². The number of rotatable bonds is 5. The molecule has 1 aromatic carbocycles. The van der Waals surface area contributed by atoms with Crippen LogP contribution in [-0.4, -0.2) is 16.6 Å². The fourth-order valence-corrected chi connectivity index (χ4v) is 2.40. The van der Waals surface area contributed by atoms with Gasteiger partial charge in [-0.3, -0.25) is 4.79 Å². The molecule has 0 saturated heterocycles. The van der Waals surface area contributed by atoms with Crippen LogP contribution in [0.3, 0.4) is 0 Å². The maximum absolute atomic E-state index is 11.8. The van der Waals surface area contributed by atoms with Crippen molar-refractivity contribution in [1.82, 2.24) is 10.4 Å². The lowest BCUT2D eigenvalue weighted by Crippen LogP contribution is -2.13. The van der Waals surface area contributed by atoms with Crippen LogP contribution in [0.1, 0.15) is 24.1 Å². The Morgan fingerprint density at radius 1 is 1.05 bits per heavy atom. The third kappa shape index (κ3) is 3.28. The first kappa shape index (κ1) is 13.4. The highest BCUT2D eigenvalue weighted by atomic mass is 16.2. The highest BCUT2D eigenvalue weighted by molar-refractivity contribution is 6.27. The first-order valence-electron chi connectivity index (χ1n) is 7.09. The minimum Gasteiger partial charge on any atom is -0.362 e. The van der Waals surface area contributed by atoms with Crippen molar-refractivity contribution in [2.24, 2.45) is 5.10 Å². The maximum Gasteiger partial charge on any atom is 0.273 e. The number of amides is 1. The van der Waals surface area contributed by atoms with Crippen LogP contribution < -0.4 is 5.43 Å². The zero-order valence-corrected chi connectivity index (χ0v) is 11.7. The molecule has 1 aromatic heterocycles. The summed E-state index contributed by atoms with van der Waals surface area (Å²) in [5.74, 6) is -0.126. The van der Waals surface area contributed by atoms with Crippen molar-refractivity contribution in [3.63, 3.8) is 0 Å². The maximum atomic E-state index is 11.8. The lowest BCUT2D eigenvalue weighted by Gasteiger charge is -2.02. The molecule has 2 aromatic rings. The van der Waals surface area contributed by atoms with Gasteiger partial charge in [-0.25, -0.2) is 5.43 Å². The molecule has 0 bridgehead atoms. The Labute approximate surface area is 123 Å². The van der Waals surface area contributed by atoms with E-state index in [9.17, 15) is 4.79 Å². The van der Waals surface area contributed by atoms with Gasteiger partial charge in [0.05, 0.1) is 11.3 Å². The van der Waals surface area contributed by atoms with Crippen molar-refractivity contribution < 1.29 is 4.79 Å². The Kier molecular flexibility index (Phi) is 3.96. The first-order valence-corrected chi connectivity index (χ1v) is 7.09. The zero-order chi connectivity index (χ0) is 14.5. The summed E-state index contributed by atoms with van der Waals surface area (Å²) in [6.45, 7) is 0. The van der Waals surface area contributed by atoms with Crippen molar-refractivity contribution in [2.75, 3.05) is 0 Å². The van der Waals surface area contributed by atoms with Gasteiger partial charge in [-0.1, -0.05) is 30.3 Å². The van der Waals surface area contributed by atoms with Crippen LogP contribution in [0, 0.1) is 0 Å². The number of nitrogens with zero attached hydrogens (tertiary/aromatic N) is 1. The van der Waals surface area contributed by atoms with Crippen molar-refractivity contribution >= 4 is 17.7 Å². The molecule has 1 aliphatic heterocycles. The molecule has 0 atom stereocenters. The van der Waals surface area contributed by atoms with E-state index in [4.69, 9.17) is 0 Å². The molecule has 0 aliphatic carbocycles. The Hall–Kier alpha value is -2.62. The molecule has 0 saturated carbocycles. The minimum atomic E-state index is -0.126. The van der Waals surface area contributed by atoms with E-state index < -0.39 is 0 Å². The Balaban J connectivity index is 1.63. The second kappa shape index (κ2) is 6.22. The van der Waals surface area contributed by atoms with Crippen molar-refractivity contribution in [2.45, 2.75) is 19.3 Å². The molecule has 1 amide bonds. The van der Waals surface area contributed by atoms with E-state index in [1.54, 1.807) is 0 Å². The lowest BCUT2D eigenvalue weighted by molar-refractivity contribution is -0.116. The molecule has 1 aliphatic rings. The molecule has 3 rings (SSSR count). The van der Waals surface area contributed by atoms with Crippen LogP contribution in [-0.2, 0) is 11.2 Å². The van der Waals surface area contributed by atoms with Gasteiger partial charge in [0, 0.05) is 11.9 Å². The number of H-pyrrole nitrogens is 1. The Morgan fingerprint density at radius 2 is 1.90 bits per heavy atom. The number of aryl methyl sites for hydroxylation is 1. The largest absolute Gasteiger partial charge is 0.362 e. The van der Waals surface area contributed by atoms with Crippen LogP contribution in [0.5, 0.6) is 0 Å². The average molecular weight is 279 g/mol. The highest BCUT2D eigenvalue weighted by Crippen LogP contribution is 2.16. The van der Waals surface area contributed by atoms with Crippen LogP contribution in [0.4, 0.5) is 0 Å². The third-order valence-corrected chi connectivity index (χ3v) is 3.49. The zero-order valence-electron chi connectivity index (χ0n) is 11.7. The summed E-state index contributed by atoms with van der Waals surface area (Å²) < 4.78 is 0. The monoisotopic (exact) mass is 279 g/mol. The molecule has 2 heterocycles.